The number of carbonyl (C=O) groups excluding carboxylic acids is 1. The van der Waals surface area contributed by atoms with Crippen LogP contribution in [0.25, 0.3) is 16.7 Å². The van der Waals surface area contributed by atoms with E-state index < -0.39 is 0 Å². The second-order valence-corrected chi connectivity index (χ2v) is 10.4. The second-order valence-electron chi connectivity index (χ2n) is 9.97. The first-order valence-corrected chi connectivity index (χ1v) is 13.2. The Labute approximate surface area is 215 Å². The van der Waals surface area contributed by atoms with Crippen molar-refractivity contribution in [1.82, 2.24) is 24.6 Å². The zero-order valence-electron chi connectivity index (χ0n) is 20.7. The molecule has 0 radical (unpaired) electrons. The molecule has 3 aliphatic rings. The van der Waals surface area contributed by atoms with Crippen LogP contribution >= 0.6 is 11.6 Å². The first-order valence-electron chi connectivity index (χ1n) is 12.8. The molecule has 36 heavy (non-hydrogen) atoms. The lowest BCUT2D eigenvalue weighted by atomic mass is 9.89. The largest absolute Gasteiger partial charge is 0.465 e. The molecule has 1 aromatic carbocycles. The molecule has 2 aromatic heterocycles. The van der Waals surface area contributed by atoms with Crippen molar-refractivity contribution in [2.75, 3.05) is 44.3 Å². The molecule has 3 aliphatic heterocycles. The molecule has 6 rings (SSSR count). The molecular formula is C26H31ClN6O3. The smallest absolute Gasteiger partial charge is 0.320 e. The number of rotatable bonds is 6. The number of aryl methyl sites for hydroxylation is 1. The molecule has 0 aliphatic carbocycles. The molecule has 2 atom stereocenters. The molecule has 10 heteroatoms. The van der Waals surface area contributed by atoms with Crippen molar-refractivity contribution in [3.8, 4) is 5.82 Å². The van der Waals surface area contributed by atoms with Gasteiger partial charge in [-0.1, -0.05) is 11.6 Å². The Hall–Kier alpha value is -2.75. The van der Waals surface area contributed by atoms with Gasteiger partial charge in [0.1, 0.15) is 11.6 Å². The number of likely N-dealkylation sites (tertiary alicyclic amines) is 1. The van der Waals surface area contributed by atoms with Gasteiger partial charge in [-0.3, -0.25) is 9.69 Å². The van der Waals surface area contributed by atoms with E-state index in [1.165, 1.54) is 0 Å². The lowest BCUT2D eigenvalue weighted by Gasteiger charge is -2.31. The predicted octanol–water partition coefficient (Wildman–Crippen LogP) is 3.50. The number of aromatic nitrogens is 4. The van der Waals surface area contributed by atoms with E-state index >= 15 is 0 Å². The molecule has 0 amide bonds. The van der Waals surface area contributed by atoms with Gasteiger partial charge >= 0.3 is 5.97 Å². The van der Waals surface area contributed by atoms with Gasteiger partial charge < -0.3 is 14.4 Å². The SMILES string of the molecule is CCOC(=O)CN1CCC(c2cc3c(cnn3-c3cc(N4CC5CC4CO5)nc(C)n3)cc2Cl)CC1. The molecule has 0 saturated carbocycles. The minimum absolute atomic E-state index is 0.159. The predicted molar refractivity (Wildman–Crippen MR) is 137 cm³/mol. The third-order valence-corrected chi connectivity index (χ3v) is 7.92. The van der Waals surface area contributed by atoms with E-state index in [9.17, 15) is 4.79 Å². The summed E-state index contributed by atoms with van der Waals surface area (Å²) in [5.74, 6) is 2.58. The first-order chi connectivity index (χ1) is 17.5. The third kappa shape index (κ3) is 4.44. The highest BCUT2D eigenvalue weighted by molar-refractivity contribution is 6.32. The summed E-state index contributed by atoms with van der Waals surface area (Å²) in [6, 6.07) is 6.58. The normalized spacial score (nSPS) is 22.6. The van der Waals surface area contributed by atoms with Crippen molar-refractivity contribution < 1.29 is 14.3 Å². The van der Waals surface area contributed by atoms with Gasteiger partial charge in [0, 0.05) is 23.0 Å². The quantitative estimate of drug-likeness (QED) is 0.466. The van der Waals surface area contributed by atoms with E-state index in [1.807, 2.05) is 36.9 Å². The van der Waals surface area contributed by atoms with Crippen LogP contribution in [0.15, 0.2) is 24.4 Å². The molecule has 190 valence electrons. The van der Waals surface area contributed by atoms with Crippen molar-refractivity contribution in [2.24, 2.45) is 0 Å². The van der Waals surface area contributed by atoms with Crippen molar-refractivity contribution in [3.63, 3.8) is 0 Å². The van der Waals surface area contributed by atoms with Gasteiger partial charge in [-0.05, 0) is 69.8 Å². The van der Waals surface area contributed by atoms with Gasteiger partial charge in [-0.15, -0.1) is 0 Å². The van der Waals surface area contributed by atoms with E-state index in [-0.39, 0.29) is 5.97 Å². The van der Waals surface area contributed by atoms with Crippen LogP contribution in [0.5, 0.6) is 0 Å². The minimum atomic E-state index is -0.159. The summed E-state index contributed by atoms with van der Waals surface area (Å²) in [6.07, 6.45) is 5.08. The fourth-order valence-electron chi connectivity index (χ4n) is 5.82. The van der Waals surface area contributed by atoms with Crippen LogP contribution in [-0.4, -0.2) is 82.2 Å². The number of carbonyl (C=O) groups is 1. The summed E-state index contributed by atoms with van der Waals surface area (Å²) >= 11 is 6.76. The van der Waals surface area contributed by atoms with Crippen LogP contribution in [-0.2, 0) is 14.3 Å². The Morgan fingerprint density at radius 3 is 2.72 bits per heavy atom. The van der Waals surface area contributed by atoms with Gasteiger partial charge in [0.15, 0.2) is 5.82 Å². The first kappa shape index (κ1) is 23.6. The maximum atomic E-state index is 11.9. The third-order valence-electron chi connectivity index (χ3n) is 7.59. The average molecular weight is 511 g/mol. The molecule has 9 nitrogen and oxygen atoms in total. The monoisotopic (exact) mass is 510 g/mol. The Bertz CT molecular complexity index is 1290. The average Bonchev–Trinajstić information content (AvgIpc) is 3.60. The zero-order valence-corrected chi connectivity index (χ0v) is 21.4. The van der Waals surface area contributed by atoms with Crippen LogP contribution in [0, 0.1) is 6.92 Å². The summed E-state index contributed by atoms with van der Waals surface area (Å²) in [4.78, 5) is 25.8. The number of morpholine rings is 1. The van der Waals surface area contributed by atoms with Crippen LogP contribution in [0.1, 0.15) is 43.5 Å². The Kier molecular flexibility index (Phi) is 6.31. The molecule has 3 aromatic rings. The molecular weight excluding hydrogens is 480 g/mol. The number of halogens is 1. The maximum Gasteiger partial charge on any atom is 0.320 e. The number of esters is 1. The van der Waals surface area contributed by atoms with E-state index in [0.717, 1.165) is 84.5 Å². The van der Waals surface area contributed by atoms with Gasteiger partial charge in [0.2, 0.25) is 0 Å². The summed E-state index contributed by atoms with van der Waals surface area (Å²) < 4.78 is 12.8. The van der Waals surface area contributed by atoms with Gasteiger partial charge in [-0.2, -0.15) is 5.10 Å². The minimum Gasteiger partial charge on any atom is -0.465 e. The van der Waals surface area contributed by atoms with Crippen molar-refractivity contribution in [2.45, 2.75) is 51.2 Å². The number of fused-ring (bicyclic) bond motifs is 3. The lowest BCUT2D eigenvalue weighted by molar-refractivity contribution is -0.144. The van der Waals surface area contributed by atoms with Gasteiger partial charge in [-0.25, -0.2) is 14.6 Å². The highest BCUT2D eigenvalue weighted by atomic mass is 35.5. The van der Waals surface area contributed by atoms with Crippen LogP contribution in [0.2, 0.25) is 5.02 Å². The number of piperidine rings is 1. The number of hydrogen-bond acceptors (Lipinski definition) is 8. The van der Waals surface area contributed by atoms with Crippen LogP contribution < -0.4 is 4.90 Å². The van der Waals surface area contributed by atoms with E-state index in [2.05, 4.69) is 21.0 Å². The Morgan fingerprint density at radius 1 is 1.19 bits per heavy atom. The van der Waals surface area contributed by atoms with Crippen molar-refractivity contribution in [3.05, 3.63) is 40.8 Å². The summed E-state index contributed by atoms with van der Waals surface area (Å²) in [5.41, 5.74) is 2.11. The van der Waals surface area contributed by atoms with E-state index in [0.29, 0.717) is 31.2 Å². The molecule has 5 heterocycles. The Morgan fingerprint density at radius 2 is 2.00 bits per heavy atom. The van der Waals surface area contributed by atoms with Crippen molar-refractivity contribution in [1.29, 1.82) is 0 Å². The fourth-order valence-corrected chi connectivity index (χ4v) is 6.15. The second kappa shape index (κ2) is 9.61. The highest BCUT2D eigenvalue weighted by Gasteiger charge is 2.40. The van der Waals surface area contributed by atoms with Crippen LogP contribution in [0.3, 0.4) is 0 Å². The summed E-state index contributed by atoms with van der Waals surface area (Å²) in [6.45, 7) is 7.83. The van der Waals surface area contributed by atoms with E-state index in [1.54, 1.807) is 0 Å². The fraction of sp³-hybridized carbons (Fsp3) is 0.538. The summed E-state index contributed by atoms with van der Waals surface area (Å²) in [5, 5.41) is 6.42. The number of nitrogens with zero attached hydrogens (tertiary/aromatic N) is 6. The lowest BCUT2D eigenvalue weighted by Crippen LogP contribution is -2.37. The molecule has 2 unspecified atom stereocenters. The number of anilines is 1. The van der Waals surface area contributed by atoms with Crippen molar-refractivity contribution >= 4 is 34.3 Å². The van der Waals surface area contributed by atoms with E-state index in [4.69, 9.17) is 31.0 Å². The number of benzene rings is 1. The molecule has 2 bridgehead atoms. The highest BCUT2D eigenvalue weighted by Crippen LogP contribution is 2.37. The maximum absolute atomic E-state index is 11.9. The zero-order chi connectivity index (χ0) is 24.8. The summed E-state index contributed by atoms with van der Waals surface area (Å²) in [7, 11) is 0. The van der Waals surface area contributed by atoms with Gasteiger partial charge in [0.05, 0.1) is 43.6 Å². The standard InChI is InChI=1S/C26H31ClN6O3/c1-3-35-26(34)14-31-6-4-17(5-7-31)21-10-23-18(8-22(21)27)12-28-33(23)25-11-24(29-16(2)30-25)32-13-20-9-19(32)15-36-20/h8,10-12,17,19-20H,3-7,9,13-15H2,1-2H3. The molecule has 0 spiro atoms. The number of hydrogen-bond donors (Lipinski definition) is 0. The Balaban J connectivity index is 1.26. The molecule has 0 N–H and O–H groups in total. The molecule has 3 fully saturated rings. The molecule has 3 saturated heterocycles. The topological polar surface area (TPSA) is 85.6 Å². The van der Waals surface area contributed by atoms with Gasteiger partial charge in [0.25, 0.3) is 0 Å². The van der Waals surface area contributed by atoms with Crippen LogP contribution in [0.4, 0.5) is 5.82 Å². The number of ether oxygens (including phenoxy) is 2.